The molecule has 0 N–H and O–H groups in total. The van der Waals surface area contributed by atoms with Crippen molar-refractivity contribution < 1.29 is 23.4 Å². The number of carbonyl (C=O) groups excluding carboxylic acids is 1. The minimum atomic E-state index is -0.408. The predicted octanol–water partition coefficient (Wildman–Crippen LogP) is 5.87. The Bertz CT molecular complexity index is 1180. The Labute approximate surface area is 171 Å². The van der Waals surface area contributed by atoms with Gasteiger partial charge in [0.1, 0.15) is 28.5 Å². The average molecular weight is 410 g/mol. The first-order valence-electron chi connectivity index (χ1n) is 8.72. The van der Waals surface area contributed by atoms with Crippen molar-refractivity contribution in [3.63, 3.8) is 0 Å². The van der Waals surface area contributed by atoms with Crippen molar-refractivity contribution in [3.8, 4) is 34.5 Å². The summed E-state index contributed by atoms with van der Waals surface area (Å²) in [7, 11) is 1.52. The Balaban J connectivity index is 1.65. The lowest BCUT2D eigenvalue weighted by molar-refractivity contribution is -0.131. The topological polar surface area (TPSA) is 70.8 Å². The number of rotatable bonds is 5. The maximum atomic E-state index is 11.2. The van der Waals surface area contributed by atoms with Gasteiger partial charge in [-0.25, -0.2) is 4.98 Å². The summed E-state index contributed by atoms with van der Waals surface area (Å²) in [6.07, 6.45) is 0. The lowest BCUT2D eigenvalue weighted by Crippen LogP contribution is -2.01. The van der Waals surface area contributed by atoms with Gasteiger partial charge in [0.15, 0.2) is 5.58 Å². The molecule has 1 heterocycles. The molecule has 0 saturated carbocycles. The Kier molecular flexibility index (Phi) is 5.10. The van der Waals surface area contributed by atoms with Crippen LogP contribution in [0, 0.1) is 0 Å². The lowest BCUT2D eigenvalue weighted by atomic mass is 10.2. The molecule has 0 bridgehead atoms. The van der Waals surface area contributed by atoms with E-state index in [1.807, 2.05) is 12.1 Å². The summed E-state index contributed by atoms with van der Waals surface area (Å²) in [5.41, 5.74) is 1.88. The predicted molar refractivity (Wildman–Crippen MR) is 109 cm³/mol. The standard InChI is InChI=1S/C22H16ClNO5/c1-13(25)27-16-7-9-18(20(11-16)26-2)22-24-19-10-8-17(12-21(19)29-22)28-15-5-3-14(23)4-6-15/h3-12H,1-2H3. The van der Waals surface area contributed by atoms with Crippen LogP contribution in [0.4, 0.5) is 0 Å². The van der Waals surface area contributed by atoms with Crippen molar-refractivity contribution >= 4 is 28.7 Å². The van der Waals surface area contributed by atoms with Crippen LogP contribution in [0.2, 0.25) is 5.02 Å². The van der Waals surface area contributed by atoms with Crippen molar-refractivity contribution in [1.82, 2.24) is 4.98 Å². The van der Waals surface area contributed by atoms with Gasteiger partial charge in [-0.3, -0.25) is 4.79 Å². The molecule has 0 radical (unpaired) electrons. The van der Waals surface area contributed by atoms with E-state index in [4.69, 9.17) is 30.2 Å². The zero-order chi connectivity index (χ0) is 20.4. The highest BCUT2D eigenvalue weighted by atomic mass is 35.5. The summed E-state index contributed by atoms with van der Waals surface area (Å²) < 4.78 is 22.2. The first-order chi connectivity index (χ1) is 14.0. The van der Waals surface area contributed by atoms with Crippen LogP contribution in [-0.2, 0) is 4.79 Å². The molecule has 0 saturated heterocycles. The van der Waals surface area contributed by atoms with Gasteiger partial charge in [0.25, 0.3) is 0 Å². The third kappa shape index (κ3) is 4.17. The zero-order valence-corrected chi connectivity index (χ0v) is 16.4. The van der Waals surface area contributed by atoms with Crippen molar-refractivity contribution in [2.24, 2.45) is 0 Å². The van der Waals surface area contributed by atoms with Crippen LogP contribution < -0.4 is 14.2 Å². The van der Waals surface area contributed by atoms with Gasteiger partial charge >= 0.3 is 5.97 Å². The van der Waals surface area contributed by atoms with Gasteiger partial charge in [0.05, 0.1) is 12.7 Å². The molecular weight excluding hydrogens is 394 g/mol. The third-order valence-corrected chi connectivity index (χ3v) is 4.33. The van der Waals surface area contributed by atoms with Crippen molar-refractivity contribution in [2.75, 3.05) is 7.11 Å². The number of methoxy groups -OCH3 is 1. The number of esters is 1. The summed E-state index contributed by atoms with van der Waals surface area (Å²) in [5.74, 6) is 2.11. The first-order valence-corrected chi connectivity index (χ1v) is 9.10. The highest BCUT2D eigenvalue weighted by molar-refractivity contribution is 6.30. The molecule has 4 rings (SSSR count). The number of halogens is 1. The van der Waals surface area contributed by atoms with E-state index in [0.717, 1.165) is 0 Å². The van der Waals surface area contributed by atoms with E-state index in [0.29, 0.717) is 50.6 Å². The summed E-state index contributed by atoms with van der Waals surface area (Å²) >= 11 is 5.90. The minimum Gasteiger partial charge on any atom is -0.496 e. The second-order valence-corrected chi connectivity index (χ2v) is 6.60. The average Bonchev–Trinajstić information content (AvgIpc) is 3.12. The van der Waals surface area contributed by atoms with Gasteiger partial charge < -0.3 is 18.6 Å². The van der Waals surface area contributed by atoms with Gasteiger partial charge in [-0.15, -0.1) is 0 Å². The minimum absolute atomic E-state index is 0.382. The van der Waals surface area contributed by atoms with E-state index in [-0.39, 0.29) is 0 Å². The Hall–Kier alpha value is -3.51. The number of fused-ring (bicyclic) bond motifs is 1. The van der Waals surface area contributed by atoms with E-state index in [2.05, 4.69) is 4.98 Å². The quantitative estimate of drug-likeness (QED) is 0.303. The number of oxazole rings is 1. The summed E-state index contributed by atoms with van der Waals surface area (Å²) in [4.78, 5) is 15.7. The van der Waals surface area contributed by atoms with Crippen LogP contribution >= 0.6 is 11.6 Å². The molecule has 7 heteroatoms. The number of ether oxygens (including phenoxy) is 3. The zero-order valence-electron chi connectivity index (χ0n) is 15.6. The molecule has 0 atom stereocenters. The molecule has 0 spiro atoms. The lowest BCUT2D eigenvalue weighted by Gasteiger charge is -2.07. The SMILES string of the molecule is COc1cc(OC(C)=O)ccc1-c1nc2ccc(Oc3ccc(Cl)cc3)cc2o1. The van der Waals surface area contributed by atoms with E-state index >= 15 is 0 Å². The normalized spacial score (nSPS) is 10.7. The molecule has 6 nitrogen and oxygen atoms in total. The molecule has 29 heavy (non-hydrogen) atoms. The van der Waals surface area contributed by atoms with Crippen LogP contribution in [0.3, 0.4) is 0 Å². The molecule has 0 amide bonds. The fraction of sp³-hybridized carbons (Fsp3) is 0.0909. The van der Waals surface area contributed by atoms with Crippen molar-refractivity contribution in [2.45, 2.75) is 6.92 Å². The third-order valence-electron chi connectivity index (χ3n) is 4.07. The Morgan fingerprint density at radius 3 is 2.41 bits per heavy atom. The molecule has 146 valence electrons. The summed E-state index contributed by atoms with van der Waals surface area (Å²) in [6, 6.07) is 17.5. The molecule has 4 aromatic rings. The van der Waals surface area contributed by atoms with E-state index < -0.39 is 5.97 Å². The van der Waals surface area contributed by atoms with E-state index in [1.54, 1.807) is 48.5 Å². The van der Waals surface area contributed by atoms with Gasteiger partial charge in [-0.05, 0) is 48.5 Å². The van der Waals surface area contributed by atoms with Gasteiger partial charge in [0, 0.05) is 24.1 Å². The number of carbonyl (C=O) groups is 1. The summed E-state index contributed by atoms with van der Waals surface area (Å²) in [5, 5.41) is 0.640. The number of aromatic nitrogens is 1. The van der Waals surface area contributed by atoms with Gasteiger partial charge in [-0.1, -0.05) is 11.6 Å². The number of nitrogens with zero attached hydrogens (tertiary/aromatic N) is 1. The van der Waals surface area contributed by atoms with Crippen LogP contribution in [0.15, 0.2) is 65.1 Å². The highest BCUT2D eigenvalue weighted by Crippen LogP contribution is 2.35. The van der Waals surface area contributed by atoms with Crippen molar-refractivity contribution in [3.05, 3.63) is 65.7 Å². The van der Waals surface area contributed by atoms with E-state index in [1.165, 1.54) is 14.0 Å². The second kappa shape index (κ2) is 7.85. The Morgan fingerprint density at radius 2 is 1.69 bits per heavy atom. The van der Waals surface area contributed by atoms with Crippen LogP contribution in [0.25, 0.3) is 22.6 Å². The summed E-state index contributed by atoms with van der Waals surface area (Å²) in [6.45, 7) is 1.34. The van der Waals surface area contributed by atoms with Crippen molar-refractivity contribution in [1.29, 1.82) is 0 Å². The fourth-order valence-corrected chi connectivity index (χ4v) is 2.93. The molecule has 1 aromatic heterocycles. The maximum Gasteiger partial charge on any atom is 0.308 e. The van der Waals surface area contributed by atoms with Crippen LogP contribution in [-0.4, -0.2) is 18.1 Å². The smallest absolute Gasteiger partial charge is 0.308 e. The highest BCUT2D eigenvalue weighted by Gasteiger charge is 2.15. The second-order valence-electron chi connectivity index (χ2n) is 6.16. The van der Waals surface area contributed by atoms with Gasteiger partial charge in [0.2, 0.25) is 5.89 Å². The number of hydrogen-bond acceptors (Lipinski definition) is 6. The number of hydrogen-bond donors (Lipinski definition) is 0. The fourth-order valence-electron chi connectivity index (χ4n) is 2.80. The molecule has 0 fully saturated rings. The van der Waals surface area contributed by atoms with Gasteiger partial charge in [-0.2, -0.15) is 0 Å². The number of benzene rings is 3. The van der Waals surface area contributed by atoms with E-state index in [9.17, 15) is 4.79 Å². The van der Waals surface area contributed by atoms with Crippen LogP contribution in [0.1, 0.15) is 6.92 Å². The molecule has 0 unspecified atom stereocenters. The Morgan fingerprint density at radius 1 is 0.966 bits per heavy atom. The molecule has 0 aliphatic carbocycles. The van der Waals surface area contributed by atoms with Crippen LogP contribution in [0.5, 0.6) is 23.0 Å². The monoisotopic (exact) mass is 409 g/mol. The molecule has 0 aliphatic heterocycles. The molecule has 0 aliphatic rings. The first kappa shape index (κ1) is 18.8. The largest absolute Gasteiger partial charge is 0.496 e. The maximum absolute atomic E-state index is 11.2. The molecule has 3 aromatic carbocycles. The molecular formula is C22H16ClNO5.